The molecule has 0 aliphatic heterocycles. The van der Waals surface area contributed by atoms with Crippen molar-refractivity contribution in [1.82, 2.24) is 10.4 Å². The summed E-state index contributed by atoms with van der Waals surface area (Å²) < 4.78 is 10.7. The first kappa shape index (κ1) is 29.2. The van der Waals surface area contributed by atoms with Gasteiger partial charge in [-0.2, -0.15) is 0 Å². The van der Waals surface area contributed by atoms with E-state index in [0.29, 0.717) is 29.9 Å². The van der Waals surface area contributed by atoms with E-state index < -0.39 is 16.9 Å². The van der Waals surface area contributed by atoms with Crippen LogP contribution in [-0.2, 0) is 21.0 Å². The smallest absolute Gasteiger partial charge is 0.233 e. The molecule has 3 atom stereocenters. The van der Waals surface area contributed by atoms with Crippen LogP contribution >= 0.6 is 0 Å². The van der Waals surface area contributed by atoms with Crippen molar-refractivity contribution >= 4 is 18.1 Å². The average Bonchev–Trinajstić information content (AvgIpc) is 3.61. The molecule has 0 bridgehead atoms. The highest BCUT2D eigenvalue weighted by molar-refractivity contribution is 6.05. The van der Waals surface area contributed by atoms with Crippen LogP contribution in [0.3, 0.4) is 0 Å². The second kappa shape index (κ2) is 12.4. The molecule has 0 spiro atoms. The lowest BCUT2D eigenvalue weighted by molar-refractivity contribution is -0.184. The van der Waals surface area contributed by atoms with Gasteiger partial charge in [-0.05, 0) is 41.9 Å². The Morgan fingerprint density at radius 1 is 1.13 bits per heavy atom. The molecule has 0 radical (unpaired) electrons. The minimum atomic E-state index is -0.818. The quantitative estimate of drug-likeness (QED) is 0.216. The van der Waals surface area contributed by atoms with Gasteiger partial charge in [-0.1, -0.05) is 64.4 Å². The van der Waals surface area contributed by atoms with Crippen LogP contribution in [0.2, 0.25) is 0 Å². The van der Waals surface area contributed by atoms with Crippen molar-refractivity contribution < 1.29 is 28.7 Å². The Morgan fingerprint density at radius 3 is 2.42 bits per heavy atom. The average molecular weight is 525 g/mol. The molecule has 8 nitrogen and oxygen atoms in total. The zero-order chi connectivity index (χ0) is 27.9. The number of carbonyl (C=O) groups is 3. The Balaban J connectivity index is 1.82. The number of ether oxygens (including phenoxy) is 2. The lowest BCUT2D eigenvalue weighted by Crippen LogP contribution is -2.53. The van der Waals surface area contributed by atoms with Crippen LogP contribution in [0.15, 0.2) is 48.5 Å². The molecule has 206 valence electrons. The molecule has 1 aliphatic rings. The summed E-state index contributed by atoms with van der Waals surface area (Å²) in [4.78, 5) is 45.3. The Labute approximate surface area is 225 Å². The van der Waals surface area contributed by atoms with Crippen molar-refractivity contribution in [3.8, 4) is 11.5 Å². The predicted octanol–water partition coefficient (Wildman–Crippen LogP) is 4.81. The Bertz CT molecular complexity index is 1110. The maximum atomic E-state index is 13.9. The number of rotatable bonds is 14. The molecule has 1 saturated carbocycles. The summed E-state index contributed by atoms with van der Waals surface area (Å²) in [5.74, 6) is 0.553. The number of methoxy groups -OCH3 is 2. The van der Waals surface area contributed by atoms with E-state index >= 15 is 0 Å². The molecule has 0 heterocycles. The number of nitrogens with one attached hydrogen (secondary N) is 1. The van der Waals surface area contributed by atoms with Gasteiger partial charge in [0.15, 0.2) is 5.78 Å². The van der Waals surface area contributed by atoms with E-state index in [2.05, 4.69) is 12.2 Å². The van der Waals surface area contributed by atoms with Crippen LogP contribution < -0.4 is 14.8 Å². The highest BCUT2D eigenvalue weighted by Gasteiger charge is 2.60. The third-order valence-corrected chi connectivity index (χ3v) is 7.19. The molecule has 1 aliphatic carbocycles. The number of hydrogen-bond acceptors (Lipinski definition) is 6. The van der Waals surface area contributed by atoms with Crippen molar-refractivity contribution in [3.05, 3.63) is 59.7 Å². The Morgan fingerprint density at radius 2 is 1.84 bits per heavy atom. The zero-order valence-corrected chi connectivity index (χ0v) is 23.3. The highest BCUT2D eigenvalue weighted by atomic mass is 16.7. The van der Waals surface area contributed by atoms with Gasteiger partial charge >= 0.3 is 0 Å². The van der Waals surface area contributed by atoms with E-state index in [1.54, 1.807) is 25.3 Å². The van der Waals surface area contributed by atoms with Gasteiger partial charge in [-0.25, -0.2) is 5.06 Å². The molecule has 1 N–H and O–H groups in total. The fraction of sp³-hybridized carbons (Fsp3) is 0.500. The first-order chi connectivity index (χ1) is 18.1. The molecule has 0 aromatic heterocycles. The summed E-state index contributed by atoms with van der Waals surface area (Å²) in [7, 11) is 3.04. The standard InChI is InChI=1S/C30H40N2O6/c1-7-11-22-17-30(22,19-32(20-33)38-18-21-12-9-8-10-13-21)28(35)31-27(29(2,3)4)26(34)24-15-14-23(36-5)16-25(24)37-6/h8-10,12-16,20,22,27H,7,11,17-19H2,1-6H3,(H,31,35)/t22?,27-,30?/m1/s1. The molecule has 2 aromatic carbocycles. The minimum Gasteiger partial charge on any atom is -0.497 e. The molecule has 0 saturated heterocycles. The van der Waals surface area contributed by atoms with Crippen LogP contribution in [0.4, 0.5) is 0 Å². The molecule has 38 heavy (non-hydrogen) atoms. The van der Waals surface area contributed by atoms with Gasteiger partial charge in [0.2, 0.25) is 12.3 Å². The number of benzene rings is 2. The number of amides is 2. The number of ketones is 1. The van der Waals surface area contributed by atoms with Gasteiger partial charge < -0.3 is 14.8 Å². The predicted molar refractivity (Wildman–Crippen MR) is 145 cm³/mol. The third kappa shape index (κ3) is 6.72. The van der Waals surface area contributed by atoms with E-state index in [4.69, 9.17) is 14.3 Å². The molecular weight excluding hydrogens is 484 g/mol. The molecule has 1 fully saturated rings. The van der Waals surface area contributed by atoms with Gasteiger partial charge in [0.1, 0.15) is 18.1 Å². The fourth-order valence-corrected chi connectivity index (χ4v) is 4.88. The van der Waals surface area contributed by atoms with Crippen molar-refractivity contribution in [2.24, 2.45) is 16.7 Å². The molecule has 3 rings (SSSR count). The van der Waals surface area contributed by atoms with E-state index in [0.717, 1.165) is 18.4 Å². The van der Waals surface area contributed by atoms with Crippen molar-refractivity contribution in [2.75, 3.05) is 20.8 Å². The number of carbonyl (C=O) groups excluding carboxylic acids is 3. The lowest BCUT2D eigenvalue weighted by Gasteiger charge is -2.33. The number of hydrogen-bond donors (Lipinski definition) is 1. The molecular formula is C30H40N2O6. The van der Waals surface area contributed by atoms with E-state index in [-0.39, 0.29) is 30.8 Å². The largest absolute Gasteiger partial charge is 0.497 e. The molecule has 2 aromatic rings. The minimum absolute atomic E-state index is 0.0986. The normalized spacial score (nSPS) is 19.3. The molecule has 8 heteroatoms. The van der Waals surface area contributed by atoms with E-state index in [9.17, 15) is 14.4 Å². The van der Waals surface area contributed by atoms with Crippen LogP contribution in [0.1, 0.15) is 62.9 Å². The number of Topliss-reactive ketones (excluding diaryl/α,β-unsaturated/α-hetero) is 1. The van der Waals surface area contributed by atoms with E-state index in [1.807, 2.05) is 51.1 Å². The maximum Gasteiger partial charge on any atom is 0.233 e. The second-order valence-electron chi connectivity index (χ2n) is 11.0. The molecule has 2 amide bonds. The number of nitrogens with zero attached hydrogens (tertiary/aromatic N) is 1. The summed E-state index contributed by atoms with van der Waals surface area (Å²) >= 11 is 0. The van der Waals surface area contributed by atoms with Crippen LogP contribution in [-0.4, -0.2) is 50.0 Å². The van der Waals surface area contributed by atoms with Gasteiger partial charge in [-0.3, -0.25) is 19.2 Å². The summed E-state index contributed by atoms with van der Waals surface area (Å²) in [5.41, 5.74) is -0.112. The number of hydroxylamine groups is 2. The highest BCUT2D eigenvalue weighted by Crippen LogP contribution is 2.56. The third-order valence-electron chi connectivity index (χ3n) is 7.19. The lowest BCUT2D eigenvalue weighted by atomic mass is 9.81. The van der Waals surface area contributed by atoms with Crippen LogP contribution in [0.5, 0.6) is 11.5 Å². The van der Waals surface area contributed by atoms with Crippen LogP contribution in [0, 0.1) is 16.7 Å². The maximum absolute atomic E-state index is 13.9. The van der Waals surface area contributed by atoms with Gasteiger partial charge in [0.25, 0.3) is 0 Å². The van der Waals surface area contributed by atoms with Crippen molar-refractivity contribution in [1.29, 1.82) is 0 Å². The first-order valence-electron chi connectivity index (χ1n) is 13.1. The molecule has 2 unspecified atom stereocenters. The first-order valence-corrected chi connectivity index (χ1v) is 13.1. The van der Waals surface area contributed by atoms with Gasteiger partial charge in [0, 0.05) is 6.07 Å². The van der Waals surface area contributed by atoms with Gasteiger partial charge in [-0.15, -0.1) is 0 Å². The summed E-state index contributed by atoms with van der Waals surface area (Å²) in [5, 5.41) is 4.27. The summed E-state index contributed by atoms with van der Waals surface area (Å²) in [6.07, 6.45) is 3.01. The van der Waals surface area contributed by atoms with Crippen molar-refractivity contribution in [3.63, 3.8) is 0 Å². The fourth-order valence-electron chi connectivity index (χ4n) is 4.88. The van der Waals surface area contributed by atoms with Gasteiger partial charge in [0.05, 0.1) is 37.8 Å². The van der Waals surface area contributed by atoms with Crippen molar-refractivity contribution in [2.45, 2.75) is 59.6 Å². The SMILES string of the molecule is CCCC1CC1(CN(C=O)OCc1ccccc1)C(=O)N[C@H](C(=O)c1ccc(OC)cc1OC)C(C)(C)C. The van der Waals surface area contributed by atoms with E-state index in [1.165, 1.54) is 12.2 Å². The van der Waals surface area contributed by atoms with Crippen LogP contribution in [0.25, 0.3) is 0 Å². The second-order valence-corrected chi connectivity index (χ2v) is 11.0. The summed E-state index contributed by atoms with van der Waals surface area (Å²) in [6, 6.07) is 13.7. The summed E-state index contributed by atoms with van der Waals surface area (Å²) in [6.45, 7) is 8.15. The topological polar surface area (TPSA) is 94.2 Å². The Kier molecular flexibility index (Phi) is 9.55. The Hall–Kier alpha value is -3.39. The zero-order valence-electron chi connectivity index (χ0n) is 23.3. The monoisotopic (exact) mass is 524 g/mol.